The molecule has 0 saturated heterocycles. The van der Waals surface area contributed by atoms with Crippen LogP contribution in [0, 0.1) is 13.8 Å². The second-order valence-corrected chi connectivity index (χ2v) is 4.94. The molecule has 0 unspecified atom stereocenters. The second-order valence-electron chi connectivity index (χ2n) is 4.94. The van der Waals surface area contributed by atoms with Crippen LogP contribution in [0.25, 0.3) is 0 Å². The molecule has 0 saturated carbocycles. The molecule has 0 heterocycles. The van der Waals surface area contributed by atoms with Crippen molar-refractivity contribution in [1.82, 2.24) is 0 Å². The quantitative estimate of drug-likeness (QED) is 0.261. The summed E-state index contributed by atoms with van der Waals surface area (Å²) in [5, 5.41) is 0. The van der Waals surface area contributed by atoms with Gasteiger partial charge in [-0.1, -0.05) is 83.8 Å². The van der Waals surface area contributed by atoms with Gasteiger partial charge < -0.3 is 0 Å². The summed E-state index contributed by atoms with van der Waals surface area (Å²) in [5.41, 5.74) is 0. The zero-order valence-corrected chi connectivity index (χ0v) is 11.8. The van der Waals surface area contributed by atoms with Gasteiger partial charge in [0, 0.05) is 0 Å². The lowest BCUT2D eigenvalue weighted by Crippen LogP contribution is -1.79. The Morgan fingerprint density at radius 3 is 1.29 bits per heavy atom. The van der Waals surface area contributed by atoms with Crippen molar-refractivity contribution in [2.75, 3.05) is 0 Å². The summed E-state index contributed by atoms with van der Waals surface area (Å²) in [6.45, 7) is 7.73. The van der Waals surface area contributed by atoms with Gasteiger partial charge in [0.15, 0.2) is 0 Å². The molecule has 0 nitrogen and oxygen atoms in total. The van der Waals surface area contributed by atoms with Crippen molar-refractivity contribution in [2.24, 2.45) is 0 Å². The molecule has 0 aliphatic rings. The predicted molar refractivity (Wildman–Crippen MR) is 79.9 cm³/mol. The van der Waals surface area contributed by atoms with E-state index in [1.165, 1.54) is 70.6 Å². The van der Waals surface area contributed by atoms with Gasteiger partial charge in [0.2, 0.25) is 0 Å². The minimum absolute atomic E-state index is 1.10. The van der Waals surface area contributed by atoms with Crippen molar-refractivity contribution in [2.45, 2.75) is 83.5 Å². The van der Waals surface area contributed by atoms with E-state index >= 15 is 0 Å². The molecule has 0 aromatic carbocycles. The van der Waals surface area contributed by atoms with Crippen LogP contribution in [-0.2, 0) is 0 Å². The summed E-state index contributed by atoms with van der Waals surface area (Å²) in [5.74, 6) is 0. The van der Waals surface area contributed by atoms with Gasteiger partial charge in [-0.15, -0.1) is 0 Å². The van der Waals surface area contributed by atoms with Crippen molar-refractivity contribution >= 4 is 0 Å². The lowest BCUT2D eigenvalue weighted by molar-refractivity contribution is 0.599. The third-order valence-corrected chi connectivity index (χ3v) is 3.16. The lowest BCUT2D eigenvalue weighted by atomic mass is 10.1. The highest BCUT2D eigenvalue weighted by Crippen LogP contribution is 2.09. The van der Waals surface area contributed by atoms with Crippen LogP contribution in [-0.4, -0.2) is 0 Å². The van der Waals surface area contributed by atoms with E-state index in [2.05, 4.69) is 26.0 Å². The summed E-state index contributed by atoms with van der Waals surface area (Å²) >= 11 is 0. The fraction of sp³-hybridized carbons (Fsp3) is 0.765. The van der Waals surface area contributed by atoms with Gasteiger partial charge >= 0.3 is 0 Å². The minimum atomic E-state index is 1.10. The van der Waals surface area contributed by atoms with E-state index in [0.717, 1.165) is 12.8 Å². The minimum Gasteiger partial charge on any atom is -0.0885 e. The first-order chi connectivity index (χ1) is 8.41. The molecular weight excluding hydrogens is 204 g/mol. The molecule has 0 N–H and O–H groups in total. The SMILES string of the molecule is [CH2]CCCCC/C=C/CCCCCCCC[CH2]. The number of unbranched alkanes of at least 4 members (excludes halogenated alkanes) is 11. The topological polar surface area (TPSA) is 0 Å². The average molecular weight is 236 g/mol. The summed E-state index contributed by atoms with van der Waals surface area (Å²) < 4.78 is 0. The maximum Gasteiger partial charge on any atom is -0.0351 e. The van der Waals surface area contributed by atoms with Crippen LogP contribution >= 0.6 is 0 Å². The molecule has 0 atom stereocenters. The highest BCUT2D eigenvalue weighted by atomic mass is 14.0. The molecule has 0 rings (SSSR count). The summed E-state index contributed by atoms with van der Waals surface area (Å²) in [6, 6.07) is 0. The Morgan fingerprint density at radius 2 is 0.824 bits per heavy atom. The molecule has 0 spiro atoms. The first-order valence-electron chi connectivity index (χ1n) is 7.65. The Hall–Kier alpha value is -0.260. The maximum absolute atomic E-state index is 3.87. The third-order valence-electron chi connectivity index (χ3n) is 3.16. The predicted octanol–water partition coefficient (Wildman–Crippen LogP) is 6.28. The van der Waals surface area contributed by atoms with Crippen molar-refractivity contribution in [3.8, 4) is 0 Å². The Kier molecular flexibility index (Phi) is 15.5. The average Bonchev–Trinajstić information content (AvgIpc) is 2.35. The van der Waals surface area contributed by atoms with Crippen LogP contribution < -0.4 is 0 Å². The van der Waals surface area contributed by atoms with Crippen LogP contribution in [0.1, 0.15) is 83.5 Å². The largest absolute Gasteiger partial charge is 0.0885 e. The van der Waals surface area contributed by atoms with Gasteiger partial charge in [-0.3, -0.25) is 0 Å². The number of rotatable bonds is 13. The molecule has 0 aliphatic heterocycles. The molecule has 0 fully saturated rings. The van der Waals surface area contributed by atoms with E-state index in [1.807, 2.05) is 0 Å². The van der Waals surface area contributed by atoms with Gasteiger partial charge in [-0.25, -0.2) is 0 Å². The highest BCUT2D eigenvalue weighted by molar-refractivity contribution is 4.81. The summed E-state index contributed by atoms with van der Waals surface area (Å²) in [4.78, 5) is 0. The maximum atomic E-state index is 3.87. The Balaban J connectivity index is 2.99. The molecule has 2 radical (unpaired) electrons. The monoisotopic (exact) mass is 236 g/mol. The van der Waals surface area contributed by atoms with Crippen molar-refractivity contribution < 1.29 is 0 Å². The molecular formula is C17H32. The van der Waals surface area contributed by atoms with E-state index in [9.17, 15) is 0 Å². The van der Waals surface area contributed by atoms with Crippen molar-refractivity contribution in [3.63, 3.8) is 0 Å². The Morgan fingerprint density at radius 1 is 0.471 bits per heavy atom. The van der Waals surface area contributed by atoms with E-state index in [4.69, 9.17) is 0 Å². The molecule has 0 aromatic heterocycles. The standard InChI is InChI=1S/C17H32/c1-3-5-7-9-11-13-15-17-16-14-12-10-8-6-4-2/h13,15H,1-12,14,16-17H2/b15-13+. The Bertz CT molecular complexity index is 146. The van der Waals surface area contributed by atoms with Crippen LogP contribution in [0.3, 0.4) is 0 Å². The second kappa shape index (κ2) is 15.7. The molecule has 100 valence electrons. The zero-order valence-electron chi connectivity index (χ0n) is 11.8. The molecule has 0 aromatic rings. The number of hydrogen-bond acceptors (Lipinski definition) is 0. The zero-order chi connectivity index (χ0) is 12.6. The highest BCUT2D eigenvalue weighted by Gasteiger charge is 1.89. The van der Waals surface area contributed by atoms with Crippen molar-refractivity contribution in [3.05, 3.63) is 26.0 Å². The normalized spacial score (nSPS) is 11.4. The van der Waals surface area contributed by atoms with Gasteiger partial charge in [-0.05, 0) is 25.7 Å². The molecule has 0 bridgehead atoms. The summed E-state index contributed by atoms with van der Waals surface area (Å²) in [7, 11) is 0. The fourth-order valence-corrected chi connectivity index (χ4v) is 2.00. The van der Waals surface area contributed by atoms with Crippen molar-refractivity contribution in [1.29, 1.82) is 0 Å². The smallest absolute Gasteiger partial charge is 0.0351 e. The number of hydrogen-bond donors (Lipinski definition) is 0. The third kappa shape index (κ3) is 15.7. The Labute approximate surface area is 110 Å². The van der Waals surface area contributed by atoms with E-state index < -0.39 is 0 Å². The molecule has 17 heavy (non-hydrogen) atoms. The van der Waals surface area contributed by atoms with Gasteiger partial charge in [0.05, 0.1) is 0 Å². The first-order valence-corrected chi connectivity index (χ1v) is 7.65. The van der Waals surface area contributed by atoms with E-state index in [-0.39, 0.29) is 0 Å². The van der Waals surface area contributed by atoms with Crippen LogP contribution in [0.15, 0.2) is 12.2 Å². The van der Waals surface area contributed by atoms with E-state index in [1.54, 1.807) is 0 Å². The van der Waals surface area contributed by atoms with Crippen LogP contribution in [0.4, 0.5) is 0 Å². The van der Waals surface area contributed by atoms with Crippen LogP contribution in [0.2, 0.25) is 0 Å². The molecule has 0 amide bonds. The lowest BCUT2D eigenvalue weighted by Gasteiger charge is -1.99. The summed E-state index contributed by atoms with van der Waals surface area (Å²) in [6.07, 6.45) is 21.8. The van der Waals surface area contributed by atoms with Gasteiger partial charge in [-0.2, -0.15) is 0 Å². The van der Waals surface area contributed by atoms with Crippen LogP contribution in [0.5, 0.6) is 0 Å². The molecule has 0 aliphatic carbocycles. The first kappa shape index (κ1) is 16.7. The molecule has 0 heteroatoms. The number of allylic oxidation sites excluding steroid dienone is 2. The van der Waals surface area contributed by atoms with E-state index in [0.29, 0.717) is 0 Å². The fourth-order valence-electron chi connectivity index (χ4n) is 2.00. The van der Waals surface area contributed by atoms with Gasteiger partial charge in [0.25, 0.3) is 0 Å². The van der Waals surface area contributed by atoms with Gasteiger partial charge in [0.1, 0.15) is 0 Å².